The number of rotatable bonds is 4. The molecule has 0 spiro atoms. The molecule has 0 amide bonds. The predicted octanol–water partition coefficient (Wildman–Crippen LogP) is 4.26. The highest BCUT2D eigenvalue weighted by atomic mass is 15.4. The Labute approximate surface area is 170 Å². The number of nitrogens with zero attached hydrogens (tertiary/aromatic N) is 5. The van der Waals surface area contributed by atoms with E-state index in [-0.39, 0.29) is 0 Å². The van der Waals surface area contributed by atoms with Crippen LogP contribution < -0.4 is 9.80 Å². The Kier molecular flexibility index (Phi) is 4.70. The van der Waals surface area contributed by atoms with Crippen molar-refractivity contribution in [3.8, 4) is 16.9 Å². The van der Waals surface area contributed by atoms with Crippen LogP contribution in [-0.2, 0) is 0 Å². The Morgan fingerprint density at radius 2 is 1.24 bits per heavy atom. The van der Waals surface area contributed by atoms with E-state index >= 15 is 0 Å². The van der Waals surface area contributed by atoms with E-state index in [0.717, 1.165) is 49.2 Å². The molecule has 29 heavy (non-hydrogen) atoms. The van der Waals surface area contributed by atoms with Crippen molar-refractivity contribution in [2.45, 2.75) is 0 Å². The molecule has 5 rings (SSSR count). The van der Waals surface area contributed by atoms with Gasteiger partial charge in [-0.1, -0.05) is 54.6 Å². The smallest absolute Gasteiger partial charge is 0.151 e. The molecule has 1 aliphatic rings. The van der Waals surface area contributed by atoms with Crippen molar-refractivity contribution in [3.63, 3.8) is 0 Å². The Balaban J connectivity index is 1.43. The summed E-state index contributed by atoms with van der Waals surface area (Å²) >= 11 is 0. The van der Waals surface area contributed by atoms with E-state index in [1.165, 1.54) is 5.56 Å². The average molecular weight is 381 g/mol. The van der Waals surface area contributed by atoms with Gasteiger partial charge >= 0.3 is 0 Å². The van der Waals surface area contributed by atoms with Gasteiger partial charge in [-0.25, -0.2) is 9.67 Å². The second-order valence-electron chi connectivity index (χ2n) is 7.16. The first-order chi connectivity index (χ1) is 14.4. The number of hydrogen-bond acceptors (Lipinski definition) is 4. The van der Waals surface area contributed by atoms with Crippen molar-refractivity contribution in [1.29, 1.82) is 0 Å². The van der Waals surface area contributed by atoms with Crippen molar-refractivity contribution in [1.82, 2.24) is 14.8 Å². The van der Waals surface area contributed by atoms with E-state index in [9.17, 15) is 0 Å². The maximum Gasteiger partial charge on any atom is 0.151 e. The molecule has 0 saturated carbocycles. The minimum Gasteiger partial charge on any atom is -0.353 e. The number of piperazine rings is 1. The molecule has 0 N–H and O–H groups in total. The summed E-state index contributed by atoms with van der Waals surface area (Å²) in [5, 5.41) is 4.99. The van der Waals surface area contributed by atoms with Crippen LogP contribution >= 0.6 is 0 Å². The Bertz CT molecular complexity index is 995. The lowest BCUT2D eigenvalue weighted by atomic mass is 10.1. The summed E-state index contributed by atoms with van der Waals surface area (Å²) in [5.41, 5.74) is 3.35. The molecule has 144 valence electrons. The topological polar surface area (TPSA) is 37.2 Å². The number of pyridine rings is 1. The molecule has 3 heterocycles. The van der Waals surface area contributed by atoms with E-state index in [4.69, 9.17) is 5.10 Å². The maximum absolute atomic E-state index is 4.99. The second-order valence-corrected chi connectivity index (χ2v) is 7.16. The molecular weight excluding hydrogens is 358 g/mol. The lowest BCUT2D eigenvalue weighted by Gasteiger charge is -2.35. The predicted molar refractivity (Wildman–Crippen MR) is 118 cm³/mol. The third-order valence-electron chi connectivity index (χ3n) is 5.34. The van der Waals surface area contributed by atoms with E-state index < -0.39 is 0 Å². The lowest BCUT2D eigenvalue weighted by Crippen LogP contribution is -2.47. The normalized spacial score (nSPS) is 14.2. The summed E-state index contributed by atoms with van der Waals surface area (Å²) in [7, 11) is 0. The molecule has 0 aliphatic carbocycles. The quantitative estimate of drug-likeness (QED) is 0.529. The third-order valence-corrected chi connectivity index (χ3v) is 5.34. The van der Waals surface area contributed by atoms with E-state index in [0.29, 0.717) is 0 Å². The minimum absolute atomic E-state index is 0.927. The van der Waals surface area contributed by atoms with Crippen molar-refractivity contribution in [2.24, 2.45) is 0 Å². The average Bonchev–Trinajstić information content (AvgIpc) is 3.27. The molecule has 1 aliphatic heterocycles. The zero-order valence-corrected chi connectivity index (χ0v) is 16.2. The zero-order valence-electron chi connectivity index (χ0n) is 16.2. The Morgan fingerprint density at radius 3 is 1.90 bits per heavy atom. The monoisotopic (exact) mass is 381 g/mol. The number of para-hydroxylation sites is 1. The highest BCUT2D eigenvalue weighted by Crippen LogP contribution is 2.28. The molecule has 1 fully saturated rings. The van der Waals surface area contributed by atoms with Crippen LogP contribution in [0.4, 0.5) is 11.6 Å². The van der Waals surface area contributed by atoms with Gasteiger partial charge in [-0.2, -0.15) is 0 Å². The van der Waals surface area contributed by atoms with Gasteiger partial charge in [-0.3, -0.25) is 0 Å². The largest absolute Gasteiger partial charge is 0.353 e. The van der Waals surface area contributed by atoms with Gasteiger partial charge in [0.05, 0.1) is 11.4 Å². The molecular formula is C24H23N5. The number of aromatic nitrogens is 3. The fraction of sp³-hybridized carbons (Fsp3) is 0.167. The summed E-state index contributed by atoms with van der Waals surface area (Å²) in [6, 6.07) is 29.1. The molecule has 0 unspecified atom stereocenters. The van der Waals surface area contributed by atoms with Crippen LogP contribution in [0.25, 0.3) is 16.9 Å². The summed E-state index contributed by atoms with van der Waals surface area (Å²) in [4.78, 5) is 9.19. The van der Waals surface area contributed by atoms with Gasteiger partial charge in [0.1, 0.15) is 5.82 Å². The molecule has 1 saturated heterocycles. The lowest BCUT2D eigenvalue weighted by molar-refractivity contribution is 0.638. The van der Waals surface area contributed by atoms with Gasteiger partial charge in [-0.15, -0.1) is 5.10 Å². The van der Waals surface area contributed by atoms with Gasteiger partial charge in [0.15, 0.2) is 5.82 Å². The number of anilines is 2. The van der Waals surface area contributed by atoms with Crippen LogP contribution in [0, 0.1) is 0 Å². The summed E-state index contributed by atoms with van der Waals surface area (Å²) in [6.07, 6.45) is 1.86. The van der Waals surface area contributed by atoms with Crippen LogP contribution in [0.1, 0.15) is 0 Å². The second kappa shape index (κ2) is 7.80. The van der Waals surface area contributed by atoms with Crippen molar-refractivity contribution in [3.05, 3.63) is 91.1 Å². The number of hydrogen-bond donors (Lipinski definition) is 0. The molecule has 0 radical (unpaired) electrons. The van der Waals surface area contributed by atoms with Crippen molar-refractivity contribution >= 4 is 11.6 Å². The molecule has 5 nitrogen and oxygen atoms in total. The summed E-state index contributed by atoms with van der Waals surface area (Å²) in [6.45, 7) is 3.74. The zero-order chi connectivity index (χ0) is 19.5. The first-order valence-electron chi connectivity index (χ1n) is 10.0. The summed E-state index contributed by atoms with van der Waals surface area (Å²) < 4.78 is 2.05. The fourth-order valence-corrected chi connectivity index (χ4v) is 3.81. The molecule has 0 atom stereocenters. The van der Waals surface area contributed by atoms with Crippen molar-refractivity contribution in [2.75, 3.05) is 36.0 Å². The van der Waals surface area contributed by atoms with Crippen LogP contribution in [0.15, 0.2) is 91.1 Å². The van der Waals surface area contributed by atoms with Crippen molar-refractivity contribution < 1.29 is 0 Å². The molecule has 0 bridgehead atoms. The number of benzene rings is 2. The Hall–Kier alpha value is -3.60. The highest BCUT2D eigenvalue weighted by Gasteiger charge is 2.22. The van der Waals surface area contributed by atoms with Gasteiger partial charge < -0.3 is 9.80 Å². The first-order valence-corrected chi connectivity index (χ1v) is 10.0. The fourth-order valence-electron chi connectivity index (χ4n) is 3.81. The highest BCUT2D eigenvalue weighted by molar-refractivity contribution is 5.66. The van der Waals surface area contributed by atoms with E-state index in [2.05, 4.69) is 80.1 Å². The van der Waals surface area contributed by atoms with Crippen LogP contribution in [0.3, 0.4) is 0 Å². The van der Waals surface area contributed by atoms with Gasteiger partial charge in [0, 0.05) is 44.0 Å². The maximum atomic E-state index is 4.99. The Morgan fingerprint density at radius 1 is 0.621 bits per heavy atom. The first kappa shape index (κ1) is 17.5. The van der Waals surface area contributed by atoms with E-state index in [1.54, 1.807) is 0 Å². The van der Waals surface area contributed by atoms with Gasteiger partial charge in [0.2, 0.25) is 0 Å². The molecule has 2 aromatic heterocycles. The van der Waals surface area contributed by atoms with E-state index in [1.807, 2.05) is 30.5 Å². The third kappa shape index (κ3) is 3.59. The minimum atomic E-state index is 0.927. The van der Waals surface area contributed by atoms with Gasteiger partial charge in [-0.05, 0) is 24.3 Å². The molecule has 2 aromatic carbocycles. The van der Waals surface area contributed by atoms with Crippen LogP contribution in [-0.4, -0.2) is 40.9 Å². The van der Waals surface area contributed by atoms with Crippen LogP contribution in [0.5, 0.6) is 0 Å². The SMILES string of the molecule is c1ccc(-c2cc(N3CCN(c4ccccn4)CC3)nn2-c2ccccc2)cc1. The standard InChI is InChI=1S/C24H23N5/c1-3-9-20(10-4-1)22-19-24(26-29(22)21-11-5-2-6-12-21)28-17-15-27(16-18-28)23-13-7-8-14-25-23/h1-14,19H,15-18H2. The molecule has 5 heteroatoms. The van der Waals surface area contributed by atoms with Crippen LogP contribution in [0.2, 0.25) is 0 Å². The molecule has 4 aromatic rings. The summed E-state index contributed by atoms with van der Waals surface area (Å²) in [5.74, 6) is 2.07. The van der Waals surface area contributed by atoms with Gasteiger partial charge in [0.25, 0.3) is 0 Å².